The number of halogens is 2. The summed E-state index contributed by atoms with van der Waals surface area (Å²) in [6.07, 6.45) is 0.712. The molecule has 0 spiro atoms. The summed E-state index contributed by atoms with van der Waals surface area (Å²) in [5, 5.41) is 10.3. The Bertz CT molecular complexity index is 1210. The molecule has 1 atom stereocenters. The highest BCUT2D eigenvalue weighted by atomic mass is 35.5. The van der Waals surface area contributed by atoms with Crippen molar-refractivity contribution >= 4 is 57.5 Å². The highest BCUT2D eigenvalue weighted by molar-refractivity contribution is 7.13. The maximum Gasteiger partial charge on any atom is 0.407 e. The van der Waals surface area contributed by atoms with Gasteiger partial charge >= 0.3 is 11.8 Å². The van der Waals surface area contributed by atoms with Crippen LogP contribution in [0.3, 0.4) is 0 Å². The van der Waals surface area contributed by atoms with Crippen molar-refractivity contribution in [3.63, 3.8) is 0 Å². The van der Waals surface area contributed by atoms with E-state index in [4.69, 9.17) is 23.2 Å². The van der Waals surface area contributed by atoms with Crippen LogP contribution in [0.1, 0.15) is 26.8 Å². The van der Waals surface area contributed by atoms with E-state index in [-0.39, 0.29) is 28.8 Å². The van der Waals surface area contributed by atoms with Crippen LogP contribution in [-0.4, -0.2) is 61.3 Å². The molecule has 3 aromatic heterocycles. The van der Waals surface area contributed by atoms with Gasteiger partial charge in [0.15, 0.2) is 10.8 Å². The molecule has 0 aromatic carbocycles. The Labute approximate surface area is 191 Å². The lowest BCUT2D eigenvalue weighted by Gasteiger charge is -2.40. The van der Waals surface area contributed by atoms with E-state index in [9.17, 15) is 14.7 Å². The summed E-state index contributed by atoms with van der Waals surface area (Å²) >= 11 is 14.4. The molecule has 1 aliphatic rings. The van der Waals surface area contributed by atoms with E-state index in [1.807, 2.05) is 25.7 Å². The minimum absolute atomic E-state index is 0.0901. The molecule has 12 heteroatoms. The van der Waals surface area contributed by atoms with E-state index in [1.54, 1.807) is 11.7 Å². The monoisotopic (exact) mass is 482 g/mol. The smallest absolute Gasteiger partial charge is 0.407 e. The van der Waals surface area contributed by atoms with Crippen LogP contribution >= 0.6 is 34.5 Å². The summed E-state index contributed by atoms with van der Waals surface area (Å²) in [5.41, 5.74) is 2.23. The number of thiazole rings is 1. The standard InChI is InChI=1S/C19H20Cl2N6O3S/c1-9(2)27-17-13(12(11-6-22-8-31-11)14(20)15(21)23-17)16(24-18(27)28)26-5-4-25(19(29)30)7-10(26)3/h6,8-10H,4-5,7H2,1-3H3,(H,29,30). The lowest BCUT2D eigenvalue weighted by atomic mass is 10.1. The Balaban J connectivity index is 2.05. The molecule has 1 N–H and O–H groups in total. The number of rotatable bonds is 3. The van der Waals surface area contributed by atoms with Gasteiger partial charge in [0.05, 0.1) is 20.8 Å². The van der Waals surface area contributed by atoms with Gasteiger partial charge in [0.1, 0.15) is 5.82 Å². The third kappa shape index (κ3) is 3.72. The van der Waals surface area contributed by atoms with Gasteiger partial charge in [-0.1, -0.05) is 23.2 Å². The van der Waals surface area contributed by atoms with Crippen molar-refractivity contribution in [2.75, 3.05) is 24.5 Å². The Morgan fingerprint density at radius 3 is 2.61 bits per heavy atom. The summed E-state index contributed by atoms with van der Waals surface area (Å²) in [7, 11) is 0. The van der Waals surface area contributed by atoms with Crippen LogP contribution in [0, 0.1) is 0 Å². The summed E-state index contributed by atoms with van der Waals surface area (Å²) in [4.78, 5) is 41.5. The fraction of sp³-hybridized carbons (Fsp3) is 0.421. The predicted octanol–water partition coefficient (Wildman–Crippen LogP) is 3.99. The zero-order chi connectivity index (χ0) is 22.4. The number of amides is 1. The van der Waals surface area contributed by atoms with E-state index in [0.717, 1.165) is 4.88 Å². The molecule has 1 saturated heterocycles. The topological polar surface area (TPSA) is 104 Å². The van der Waals surface area contributed by atoms with Crippen LogP contribution in [0.4, 0.5) is 10.6 Å². The Hall–Kier alpha value is -2.43. The van der Waals surface area contributed by atoms with Crippen LogP contribution in [-0.2, 0) is 0 Å². The molecular weight excluding hydrogens is 463 g/mol. The maximum atomic E-state index is 13.0. The quantitative estimate of drug-likeness (QED) is 0.562. The first-order chi connectivity index (χ1) is 14.7. The van der Waals surface area contributed by atoms with Gasteiger partial charge in [-0.25, -0.2) is 14.6 Å². The molecule has 4 rings (SSSR count). The minimum atomic E-state index is -0.971. The van der Waals surface area contributed by atoms with Crippen LogP contribution in [0.15, 0.2) is 16.5 Å². The van der Waals surface area contributed by atoms with Crippen LogP contribution in [0.2, 0.25) is 10.2 Å². The zero-order valence-corrected chi connectivity index (χ0v) is 19.4. The van der Waals surface area contributed by atoms with Gasteiger partial charge in [0.25, 0.3) is 0 Å². The second kappa shape index (κ2) is 8.25. The molecular formula is C19H20Cl2N6O3S. The first-order valence-corrected chi connectivity index (χ1v) is 11.3. The second-order valence-electron chi connectivity index (χ2n) is 7.61. The fourth-order valence-corrected chi connectivity index (χ4v) is 5.04. The molecule has 3 aromatic rings. The third-order valence-corrected chi connectivity index (χ3v) is 6.83. The minimum Gasteiger partial charge on any atom is -0.465 e. The lowest BCUT2D eigenvalue weighted by Crippen LogP contribution is -2.54. The molecule has 1 aliphatic heterocycles. The van der Waals surface area contributed by atoms with Crippen molar-refractivity contribution < 1.29 is 9.90 Å². The van der Waals surface area contributed by atoms with Gasteiger partial charge < -0.3 is 14.9 Å². The molecule has 0 saturated carbocycles. The van der Waals surface area contributed by atoms with Gasteiger partial charge in [-0.2, -0.15) is 4.98 Å². The Morgan fingerprint density at radius 2 is 2.03 bits per heavy atom. The normalized spacial score (nSPS) is 17.0. The molecule has 1 unspecified atom stereocenters. The number of piperazine rings is 1. The van der Waals surface area contributed by atoms with E-state index in [2.05, 4.69) is 15.0 Å². The molecule has 0 radical (unpaired) electrons. The van der Waals surface area contributed by atoms with Crippen LogP contribution in [0.25, 0.3) is 21.5 Å². The van der Waals surface area contributed by atoms with Crippen molar-refractivity contribution in [2.24, 2.45) is 0 Å². The van der Waals surface area contributed by atoms with E-state index in [1.165, 1.54) is 20.8 Å². The molecule has 31 heavy (non-hydrogen) atoms. The molecule has 4 heterocycles. The molecule has 164 valence electrons. The van der Waals surface area contributed by atoms with Crippen molar-refractivity contribution in [3.8, 4) is 10.4 Å². The largest absolute Gasteiger partial charge is 0.465 e. The molecule has 1 amide bonds. The average Bonchev–Trinajstić information content (AvgIpc) is 3.22. The highest BCUT2D eigenvalue weighted by Crippen LogP contribution is 2.43. The van der Waals surface area contributed by atoms with Crippen LogP contribution < -0.4 is 10.6 Å². The van der Waals surface area contributed by atoms with Gasteiger partial charge in [0, 0.05) is 43.5 Å². The van der Waals surface area contributed by atoms with Gasteiger partial charge in [-0.3, -0.25) is 9.55 Å². The Morgan fingerprint density at radius 1 is 1.29 bits per heavy atom. The van der Waals surface area contributed by atoms with E-state index >= 15 is 0 Å². The number of hydrogen-bond acceptors (Lipinski definition) is 7. The number of nitrogens with zero attached hydrogens (tertiary/aromatic N) is 6. The number of carboxylic acid groups (broad SMARTS) is 1. The molecule has 0 bridgehead atoms. The molecule has 0 aliphatic carbocycles. The van der Waals surface area contributed by atoms with Crippen molar-refractivity contribution in [1.29, 1.82) is 0 Å². The van der Waals surface area contributed by atoms with Gasteiger partial charge in [0.2, 0.25) is 0 Å². The van der Waals surface area contributed by atoms with Crippen molar-refractivity contribution in [3.05, 3.63) is 32.4 Å². The molecule has 1 fully saturated rings. The summed E-state index contributed by atoms with van der Waals surface area (Å²) in [6, 6.07) is -0.421. The summed E-state index contributed by atoms with van der Waals surface area (Å²) in [5.74, 6) is 0.420. The highest BCUT2D eigenvalue weighted by Gasteiger charge is 2.32. The van der Waals surface area contributed by atoms with Crippen molar-refractivity contribution in [2.45, 2.75) is 32.9 Å². The first-order valence-electron chi connectivity index (χ1n) is 9.65. The van der Waals surface area contributed by atoms with E-state index in [0.29, 0.717) is 35.5 Å². The predicted molar refractivity (Wildman–Crippen MR) is 122 cm³/mol. The number of fused-ring (bicyclic) bond motifs is 1. The molecule has 9 nitrogen and oxygen atoms in total. The SMILES string of the molecule is CC1CN(C(=O)O)CCN1c1nc(=O)n(C(C)C)c2nc(Cl)c(Cl)c(-c3cncs3)c12. The van der Waals surface area contributed by atoms with Gasteiger partial charge in [-0.05, 0) is 20.8 Å². The summed E-state index contributed by atoms with van der Waals surface area (Å²) < 4.78 is 1.49. The Kier molecular flexibility index (Phi) is 5.80. The number of hydrogen-bond donors (Lipinski definition) is 1. The third-order valence-electron chi connectivity index (χ3n) is 5.30. The number of pyridine rings is 1. The maximum absolute atomic E-state index is 13.0. The number of carbonyl (C=O) groups is 1. The number of aromatic nitrogens is 4. The summed E-state index contributed by atoms with van der Waals surface area (Å²) in [6.45, 7) is 6.59. The van der Waals surface area contributed by atoms with Crippen LogP contribution in [0.5, 0.6) is 0 Å². The van der Waals surface area contributed by atoms with Crippen molar-refractivity contribution in [1.82, 2.24) is 24.4 Å². The number of anilines is 1. The van der Waals surface area contributed by atoms with E-state index < -0.39 is 11.8 Å². The fourth-order valence-electron chi connectivity index (χ4n) is 3.89. The second-order valence-corrected chi connectivity index (χ2v) is 9.23. The zero-order valence-electron chi connectivity index (χ0n) is 17.0. The first kappa shape index (κ1) is 21.8. The van der Waals surface area contributed by atoms with Gasteiger partial charge in [-0.15, -0.1) is 11.3 Å². The average molecular weight is 483 g/mol. The lowest BCUT2D eigenvalue weighted by molar-refractivity contribution is 0.136.